The zero-order valence-electron chi connectivity index (χ0n) is 5.11. The van der Waals surface area contributed by atoms with Gasteiger partial charge in [-0.25, -0.2) is 13.0 Å². The minimum Gasteiger partial charge on any atom is -0.301 e. The fourth-order valence-electron chi connectivity index (χ4n) is 0.243. The van der Waals surface area contributed by atoms with Crippen LogP contribution in [0.3, 0.4) is 0 Å². The van der Waals surface area contributed by atoms with Gasteiger partial charge >= 0.3 is 17.6 Å². The Morgan fingerprint density at radius 3 is 1.58 bits per heavy atom. The summed E-state index contributed by atoms with van der Waals surface area (Å²) in [6.45, 7) is 0. The van der Waals surface area contributed by atoms with Crippen LogP contribution in [-0.4, -0.2) is 26.4 Å². The maximum Gasteiger partial charge on any atom is 0.412 e. The van der Waals surface area contributed by atoms with Crippen LogP contribution in [0.1, 0.15) is 0 Å². The zero-order valence-corrected chi connectivity index (χ0v) is 5.93. The maximum absolute atomic E-state index is 11.8. The largest absolute Gasteiger partial charge is 0.412 e. The van der Waals surface area contributed by atoms with Gasteiger partial charge in [0.1, 0.15) is 0 Å². The van der Waals surface area contributed by atoms with Gasteiger partial charge in [-0.2, -0.15) is 17.6 Å². The number of hydrogen-bond acceptors (Lipinski definition) is 1. The number of hydrogen-bond donors (Lipinski definition) is 1. The molecule has 0 aromatic rings. The van der Waals surface area contributed by atoms with E-state index < -0.39 is 28.7 Å². The molecule has 0 aromatic heterocycles. The second-order valence-corrected chi connectivity index (χ2v) is 2.70. The van der Waals surface area contributed by atoms with Gasteiger partial charge in [-0.1, -0.05) is 0 Å². The number of alkyl halides is 6. The molecule has 0 saturated heterocycles. The zero-order chi connectivity index (χ0) is 10.2. The maximum atomic E-state index is 11.8. The van der Waals surface area contributed by atoms with Crippen molar-refractivity contribution in [3.05, 3.63) is 0 Å². The Hall–Kier alpha value is -0.310. The lowest BCUT2D eigenvalue weighted by molar-refractivity contribution is -0.225. The molecule has 12 heavy (non-hydrogen) atoms. The lowest BCUT2D eigenvalue weighted by Gasteiger charge is -2.21. The van der Waals surface area contributed by atoms with E-state index in [-0.39, 0.29) is 0 Å². The Balaban J connectivity index is 4.88. The van der Waals surface area contributed by atoms with Crippen molar-refractivity contribution in [2.75, 3.05) is 0 Å². The highest BCUT2D eigenvalue weighted by Crippen LogP contribution is 2.40. The molecule has 0 heterocycles. The van der Waals surface area contributed by atoms with Crippen LogP contribution in [0.15, 0.2) is 0 Å². The topological polar surface area (TPSA) is 37.3 Å². The summed E-state index contributed by atoms with van der Waals surface area (Å²) in [5.41, 5.74) is 0. The quantitative estimate of drug-likeness (QED) is 0.575. The summed E-state index contributed by atoms with van der Waals surface area (Å²) in [6.07, 6.45) is -4.69. The van der Waals surface area contributed by atoms with Gasteiger partial charge in [0.2, 0.25) is 11.1 Å². The van der Waals surface area contributed by atoms with Gasteiger partial charge in [-0.05, 0) is 0 Å². The van der Waals surface area contributed by atoms with Gasteiger partial charge in [0.05, 0.1) is 0 Å². The first kappa shape index (κ1) is 11.7. The van der Waals surface area contributed by atoms with E-state index in [4.69, 9.17) is 4.55 Å². The summed E-state index contributed by atoms with van der Waals surface area (Å²) in [6, 6.07) is 0. The molecule has 9 heteroatoms. The highest BCUT2D eigenvalue weighted by molar-refractivity contribution is 7.80. The van der Waals surface area contributed by atoms with Crippen molar-refractivity contribution in [2.45, 2.75) is 17.6 Å². The molecule has 74 valence electrons. The van der Waals surface area contributed by atoms with E-state index in [9.17, 15) is 30.6 Å². The van der Waals surface area contributed by atoms with Crippen molar-refractivity contribution < 1.29 is 35.1 Å². The van der Waals surface area contributed by atoms with Crippen LogP contribution in [0.25, 0.3) is 0 Å². The van der Waals surface area contributed by atoms with Crippen molar-refractivity contribution in [1.82, 2.24) is 0 Å². The molecule has 0 spiro atoms. The Kier molecular flexibility index (Phi) is 3.12. The van der Waals surface area contributed by atoms with Gasteiger partial charge < -0.3 is 4.55 Å². The molecule has 0 aliphatic heterocycles. The summed E-state index contributed by atoms with van der Waals surface area (Å²) in [7, 11) is 0. The molecule has 0 aliphatic carbocycles. The average molecular weight is 216 g/mol. The predicted octanol–water partition coefficient (Wildman–Crippen LogP) is 1.70. The van der Waals surface area contributed by atoms with Gasteiger partial charge in [0, 0.05) is 0 Å². The van der Waals surface area contributed by atoms with Crippen molar-refractivity contribution in [2.24, 2.45) is 0 Å². The van der Waals surface area contributed by atoms with Crippen molar-refractivity contribution in [3.8, 4) is 0 Å². The van der Waals surface area contributed by atoms with Crippen LogP contribution >= 0.6 is 0 Å². The lowest BCUT2D eigenvalue weighted by atomic mass is 10.4. The summed E-state index contributed by atoms with van der Waals surface area (Å²) in [4.78, 5) is 0. The third-order valence-electron chi connectivity index (χ3n) is 0.881. The summed E-state index contributed by atoms with van der Waals surface area (Å²) in [5.74, 6) is -5.80. The molecule has 2 nitrogen and oxygen atoms in total. The van der Waals surface area contributed by atoms with E-state index in [0.717, 1.165) is 0 Å². The summed E-state index contributed by atoms with van der Waals surface area (Å²) < 4.78 is 86.5. The molecule has 0 aliphatic rings. The molecule has 1 unspecified atom stereocenters. The first-order valence-electron chi connectivity index (χ1n) is 2.28. The standard InChI is InChI=1S/C3H2F6O2S/c4-1(5)2(6,7)3(8,9)12(10)11/h1H,(H,10,11). The van der Waals surface area contributed by atoms with Crippen LogP contribution in [0.2, 0.25) is 0 Å². The van der Waals surface area contributed by atoms with Crippen LogP contribution in [-0.2, 0) is 11.1 Å². The highest BCUT2D eigenvalue weighted by Gasteiger charge is 2.67. The van der Waals surface area contributed by atoms with E-state index >= 15 is 0 Å². The monoisotopic (exact) mass is 216 g/mol. The van der Waals surface area contributed by atoms with E-state index in [0.29, 0.717) is 0 Å². The fourth-order valence-corrected chi connectivity index (χ4v) is 0.565. The molecule has 1 N–H and O–H groups in total. The molecule has 0 rings (SSSR count). The summed E-state index contributed by atoms with van der Waals surface area (Å²) >= 11 is -4.33. The van der Waals surface area contributed by atoms with Crippen molar-refractivity contribution >= 4 is 11.1 Å². The van der Waals surface area contributed by atoms with Crippen molar-refractivity contribution in [3.63, 3.8) is 0 Å². The minimum atomic E-state index is -5.80. The number of halogens is 6. The van der Waals surface area contributed by atoms with Gasteiger partial charge in [-0.3, -0.25) is 0 Å². The first-order valence-corrected chi connectivity index (χ1v) is 3.39. The van der Waals surface area contributed by atoms with Gasteiger partial charge in [-0.15, -0.1) is 0 Å². The van der Waals surface area contributed by atoms with E-state index in [2.05, 4.69) is 0 Å². The van der Waals surface area contributed by atoms with Crippen LogP contribution < -0.4 is 0 Å². The molecule has 0 aromatic carbocycles. The van der Waals surface area contributed by atoms with E-state index in [1.165, 1.54) is 0 Å². The Morgan fingerprint density at radius 2 is 1.50 bits per heavy atom. The van der Waals surface area contributed by atoms with Crippen LogP contribution in [0, 0.1) is 0 Å². The van der Waals surface area contributed by atoms with E-state index in [1.807, 2.05) is 0 Å². The second-order valence-electron chi connectivity index (χ2n) is 1.69. The van der Waals surface area contributed by atoms with Gasteiger partial charge in [0.15, 0.2) is 0 Å². The first-order chi connectivity index (χ1) is 5.14. The molecule has 0 amide bonds. The Morgan fingerprint density at radius 1 is 1.17 bits per heavy atom. The van der Waals surface area contributed by atoms with E-state index in [1.54, 1.807) is 0 Å². The SMILES string of the molecule is O=S(O)C(F)(F)C(F)(F)C(F)F. The highest BCUT2D eigenvalue weighted by atomic mass is 32.2. The average Bonchev–Trinajstić information content (AvgIpc) is 1.86. The summed E-state index contributed by atoms with van der Waals surface area (Å²) in [5, 5.41) is -5.64. The molecular formula is C3H2F6O2S. The molecule has 0 bridgehead atoms. The molecule has 0 saturated carbocycles. The second kappa shape index (κ2) is 3.21. The lowest BCUT2D eigenvalue weighted by Crippen LogP contribution is -2.48. The Bertz CT molecular complexity index is 191. The third kappa shape index (κ3) is 1.71. The fraction of sp³-hybridized carbons (Fsp3) is 1.00. The Labute approximate surface area is 64.8 Å². The molecular weight excluding hydrogens is 214 g/mol. The minimum absolute atomic E-state index is 4.33. The van der Waals surface area contributed by atoms with Gasteiger partial charge in [0.25, 0.3) is 0 Å². The third-order valence-corrected chi connectivity index (χ3v) is 1.59. The molecule has 1 atom stereocenters. The van der Waals surface area contributed by atoms with Crippen molar-refractivity contribution in [1.29, 1.82) is 0 Å². The molecule has 0 fully saturated rings. The number of rotatable bonds is 3. The van der Waals surface area contributed by atoms with Crippen LogP contribution in [0.4, 0.5) is 26.3 Å². The normalized spacial score (nSPS) is 16.7. The predicted molar refractivity (Wildman–Crippen MR) is 26.7 cm³/mol. The smallest absolute Gasteiger partial charge is 0.301 e. The molecule has 0 radical (unpaired) electrons. The van der Waals surface area contributed by atoms with Crippen LogP contribution in [0.5, 0.6) is 0 Å².